The van der Waals surface area contributed by atoms with E-state index in [1.807, 2.05) is 12.1 Å². The van der Waals surface area contributed by atoms with Gasteiger partial charge in [0.2, 0.25) is 0 Å². The lowest BCUT2D eigenvalue weighted by atomic mass is 10.0. The first kappa shape index (κ1) is 17.6. The van der Waals surface area contributed by atoms with Crippen molar-refractivity contribution in [3.05, 3.63) is 30.1 Å². The van der Waals surface area contributed by atoms with Crippen LogP contribution >= 0.6 is 0 Å². The van der Waals surface area contributed by atoms with Gasteiger partial charge >= 0.3 is 0 Å². The summed E-state index contributed by atoms with van der Waals surface area (Å²) in [7, 11) is 2.24. The van der Waals surface area contributed by atoms with Gasteiger partial charge in [-0.05, 0) is 38.9 Å². The molecule has 0 bridgehead atoms. The van der Waals surface area contributed by atoms with Gasteiger partial charge < -0.3 is 14.5 Å². The number of ether oxygens (including phenoxy) is 1. The standard InChI is InChI=1S/C19H30FN3O/c1-16(22-11-13-24-14-12-22)15-21(2)17-7-9-23(10-8-17)19-6-4-3-5-18(19)20/h3-6,16-17H,7-15H2,1-2H3. The Morgan fingerprint density at radius 1 is 1.17 bits per heavy atom. The minimum Gasteiger partial charge on any atom is -0.379 e. The summed E-state index contributed by atoms with van der Waals surface area (Å²) in [4.78, 5) is 7.21. The predicted octanol–water partition coefficient (Wildman–Crippen LogP) is 2.45. The molecule has 0 spiro atoms. The molecule has 1 aromatic carbocycles. The van der Waals surface area contributed by atoms with E-state index in [4.69, 9.17) is 4.74 Å². The van der Waals surface area contributed by atoms with Crippen LogP contribution in [0.5, 0.6) is 0 Å². The molecule has 2 aliphatic rings. The molecule has 2 heterocycles. The second-order valence-electron chi connectivity index (χ2n) is 7.11. The number of hydrogen-bond donors (Lipinski definition) is 0. The average molecular weight is 335 g/mol. The zero-order valence-corrected chi connectivity index (χ0v) is 15.0. The van der Waals surface area contributed by atoms with Crippen molar-refractivity contribution >= 4 is 5.69 Å². The quantitative estimate of drug-likeness (QED) is 0.823. The molecular formula is C19H30FN3O. The summed E-state index contributed by atoms with van der Waals surface area (Å²) in [5.74, 6) is -0.106. The summed E-state index contributed by atoms with van der Waals surface area (Å²) in [5, 5.41) is 0. The molecule has 0 radical (unpaired) electrons. The van der Waals surface area contributed by atoms with Crippen molar-refractivity contribution in [1.29, 1.82) is 0 Å². The maximum Gasteiger partial charge on any atom is 0.146 e. The van der Waals surface area contributed by atoms with E-state index in [0.717, 1.165) is 64.5 Å². The lowest BCUT2D eigenvalue weighted by Gasteiger charge is -2.40. The highest BCUT2D eigenvalue weighted by Gasteiger charge is 2.26. The van der Waals surface area contributed by atoms with E-state index in [0.29, 0.717) is 12.1 Å². The van der Waals surface area contributed by atoms with Gasteiger partial charge in [0.25, 0.3) is 0 Å². The summed E-state index contributed by atoms with van der Waals surface area (Å²) in [5.41, 5.74) is 0.750. The van der Waals surface area contributed by atoms with Crippen molar-refractivity contribution in [3.8, 4) is 0 Å². The van der Waals surface area contributed by atoms with Gasteiger partial charge in [0.05, 0.1) is 18.9 Å². The van der Waals surface area contributed by atoms with Gasteiger partial charge in [-0.1, -0.05) is 12.1 Å². The molecule has 4 nitrogen and oxygen atoms in total. The summed E-state index contributed by atoms with van der Waals surface area (Å²) in [6.07, 6.45) is 2.20. The van der Waals surface area contributed by atoms with Gasteiger partial charge in [-0.3, -0.25) is 4.90 Å². The van der Waals surface area contributed by atoms with Crippen LogP contribution in [0.1, 0.15) is 19.8 Å². The largest absolute Gasteiger partial charge is 0.379 e. The van der Waals surface area contributed by atoms with Crippen LogP contribution in [0.4, 0.5) is 10.1 Å². The normalized spacial score (nSPS) is 22.1. The van der Waals surface area contributed by atoms with Crippen molar-refractivity contribution in [3.63, 3.8) is 0 Å². The molecule has 0 amide bonds. The molecule has 2 aliphatic heterocycles. The van der Waals surface area contributed by atoms with Crippen molar-refractivity contribution in [2.45, 2.75) is 31.8 Å². The molecule has 0 saturated carbocycles. The van der Waals surface area contributed by atoms with Crippen molar-refractivity contribution in [2.75, 3.05) is 57.9 Å². The minimum atomic E-state index is -0.106. The molecule has 3 rings (SSSR count). The molecule has 24 heavy (non-hydrogen) atoms. The molecule has 0 aliphatic carbocycles. The monoisotopic (exact) mass is 335 g/mol. The first-order valence-electron chi connectivity index (χ1n) is 9.16. The highest BCUT2D eigenvalue weighted by atomic mass is 19.1. The Kier molecular flexibility index (Phi) is 6.09. The zero-order chi connectivity index (χ0) is 16.9. The third-order valence-corrected chi connectivity index (χ3v) is 5.50. The van der Waals surface area contributed by atoms with E-state index < -0.39 is 0 Å². The van der Waals surface area contributed by atoms with E-state index in [2.05, 4.69) is 28.7 Å². The topological polar surface area (TPSA) is 19.0 Å². The number of hydrogen-bond acceptors (Lipinski definition) is 4. The Morgan fingerprint density at radius 2 is 1.83 bits per heavy atom. The fourth-order valence-corrected chi connectivity index (χ4v) is 3.96. The first-order valence-corrected chi connectivity index (χ1v) is 9.16. The number of nitrogens with zero attached hydrogens (tertiary/aromatic N) is 3. The summed E-state index contributed by atoms with van der Waals surface area (Å²) in [6, 6.07) is 8.27. The molecule has 5 heteroatoms. The highest BCUT2D eigenvalue weighted by Crippen LogP contribution is 2.24. The Hall–Kier alpha value is -1.17. The second-order valence-corrected chi connectivity index (χ2v) is 7.11. The molecule has 0 N–H and O–H groups in total. The van der Waals surface area contributed by atoms with Crippen LogP contribution in [-0.2, 0) is 4.74 Å². The van der Waals surface area contributed by atoms with E-state index in [9.17, 15) is 4.39 Å². The Labute approximate surface area is 145 Å². The highest BCUT2D eigenvalue weighted by molar-refractivity contribution is 5.47. The van der Waals surface area contributed by atoms with Crippen LogP contribution in [0.2, 0.25) is 0 Å². The predicted molar refractivity (Wildman–Crippen MR) is 96.1 cm³/mol. The van der Waals surface area contributed by atoms with Gasteiger partial charge in [0, 0.05) is 44.8 Å². The van der Waals surface area contributed by atoms with Gasteiger partial charge in [-0.2, -0.15) is 0 Å². The third-order valence-electron chi connectivity index (χ3n) is 5.50. The van der Waals surface area contributed by atoms with Gasteiger partial charge in [-0.15, -0.1) is 0 Å². The van der Waals surface area contributed by atoms with Crippen LogP contribution < -0.4 is 4.90 Å². The van der Waals surface area contributed by atoms with E-state index in [1.165, 1.54) is 0 Å². The zero-order valence-electron chi connectivity index (χ0n) is 15.0. The lowest BCUT2D eigenvalue weighted by molar-refractivity contribution is 0.0106. The maximum atomic E-state index is 13.9. The third kappa shape index (κ3) is 4.26. The van der Waals surface area contributed by atoms with E-state index >= 15 is 0 Å². The van der Waals surface area contributed by atoms with E-state index in [1.54, 1.807) is 12.1 Å². The minimum absolute atomic E-state index is 0.106. The average Bonchev–Trinajstić information content (AvgIpc) is 2.63. The second kappa shape index (κ2) is 8.28. The Balaban J connectivity index is 1.48. The number of para-hydroxylation sites is 1. The fourth-order valence-electron chi connectivity index (χ4n) is 3.96. The Morgan fingerprint density at radius 3 is 2.50 bits per heavy atom. The lowest BCUT2D eigenvalue weighted by Crippen LogP contribution is -2.50. The number of piperidine rings is 1. The number of likely N-dealkylation sites (N-methyl/N-ethyl adjacent to an activating group) is 1. The fraction of sp³-hybridized carbons (Fsp3) is 0.684. The van der Waals surface area contributed by atoms with Gasteiger partial charge in [0.1, 0.15) is 5.82 Å². The van der Waals surface area contributed by atoms with Crippen LogP contribution in [0, 0.1) is 5.82 Å². The molecular weight excluding hydrogens is 305 g/mol. The van der Waals surface area contributed by atoms with Crippen LogP contribution in [-0.4, -0.2) is 74.9 Å². The molecule has 134 valence electrons. The summed E-state index contributed by atoms with van der Waals surface area (Å²) < 4.78 is 19.4. The molecule has 2 saturated heterocycles. The van der Waals surface area contributed by atoms with Crippen molar-refractivity contribution < 1.29 is 9.13 Å². The molecule has 2 fully saturated rings. The van der Waals surface area contributed by atoms with Crippen LogP contribution in [0.25, 0.3) is 0 Å². The molecule has 1 aromatic rings. The SMILES string of the molecule is CC(CN(C)C1CCN(c2ccccc2F)CC1)N1CCOCC1. The number of anilines is 1. The Bertz CT molecular complexity index is 513. The summed E-state index contributed by atoms with van der Waals surface area (Å²) in [6.45, 7) is 9.07. The number of morpholine rings is 1. The number of rotatable bonds is 5. The van der Waals surface area contributed by atoms with Crippen molar-refractivity contribution in [2.24, 2.45) is 0 Å². The maximum absolute atomic E-state index is 13.9. The van der Waals surface area contributed by atoms with Crippen molar-refractivity contribution in [1.82, 2.24) is 9.80 Å². The van der Waals surface area contributed by atoms with Gasteiger partial charge in [-0.25, -0.2) is 4.39 Å². The van der Waals surface area contributed by atoms with Crippen LogP contribution in [0.3, 0.4) is 0 Å². The molecule has 0 aromatic heterocycles. The molecule has 1 unspecified atom stereocenters. The molecule has 1 atom stereocenters. The first-order chi connectivity index (χ1) is 11.6. The smallest absolute Gasteiger partial charge is 0.146 e. The van der Waals surface area contributed by atoms with E-state index in [-0.39, 0.29) is 5.82 Å². The van der Waals surface area contributed by atoms with Gasteiger partial charge in [0.15, 0.2) is 0 Å². The van der Waals surface area contributed by atoms with Crippen LogP contribution in [0.15, 0.2) is 24.3 Å². The number of halogens is 1. The number of benzene rings is 1. The summed E-state index contributed by atoms with van der Waals surface area (Å²) >= 11 is 0.